The van der Waals surface area contributed by atoms with Crippen molar-refractivity contribution in [2.24, 2.45) is 5.92 Å². The number of carbonyl (C=O) groups excluding carboxylic acids is 1. The number of hydrogen-bond acceptors (Lipinski definition) is 3. The largest absolute Gasteiger partial charge is 0.447 e. The van der Waals surface area contributed by atoms with Gasteiger partial charge in [0.25, 0.3) is 0 Å². The first-order valence-corrected chi connectivity index (χ1v) is 7.55. The maximum Gasteiger partial charge on any atom is 0.414 e. The highest BCUT2D eigenvalue weighted by atomic mass is 16.6. The fraction of sp³-hybridized carbons (Fsp3) is 0.562. The van der Waals surface area contributed by atoms with E-state index in [1.54, 1.807) is 4.90 Å². The maximum absolute atomic E-state index is 11.6. The molecule has 4 heteroatoms. The highest BCUT2D eigenvalue weighted by Gasteiger charge is 2.24. The molecule has 0 bridgehead atoms. The van der Waals surface area contributed by atoms with Crippen LogP contribution in [0.5, 0.6) is 0 Å². The summed E-state index contributed by atoms with van der Waals surface area (Å²) in [6.07, 6.45) is 4.94. The van der Waals surface area contributed by atoms with Crippen molar-refractivity contribution < 1.29 is 9.53 Å². The highest BCUT2D eigenvalue weighted by Crippen LogP contribution is 2.28. The number of anilines is 2. The molecule has 1 aliphatic heterocycles. The zero-order valence-corrected chi connectivity index (χ0v) is 12.0. The third-order valence-corrected chi connectivity index (χ3v) is 4.38. The van der Waals surface area contributed by atoms with E-state index in [1.165, 1.54) is 25.7 Å². The predicted octanol–water partition coefficient (Wildman–Crippen LogP) is 3.63. The van der Waals surface area contributed by atoms with Crippen LogP contribution in [0.4, 0.5) is 16.2 Å². The number of benzene rings is 1. The second-order valence-corrected chi connectivity index (χ2v) is 5.83. The standard InChI is InChI=1S/C16H22N2O2/c1-12-5-2-3-8-15(12)17-13-6-4-7-14(11-13)18-9-10-20-16(18)19/h4,6-7,11-12,15,17H,2-3,5,8-10H2,1H3. The average Bonchev–Trinajstić information content (AvgIpc) is 2.88. The lowest BCUT2D eigenvalue weighted by Gasteiger charge is -2.30. The number of carbonyl (C=O) groups is 1. The van der Waals surface area contributed by atoms with Crippen molar-refractivity contribution in [3.8, 4) is 0 Å². The molecular formula is C16H22N2O2. The summed E-state index contributed by atoms with van der Waals surface area (Å²) in [4.78, 5) is 13.3. The van der Waals surface area contributed by atoms with Crippen molar-refractivity contribution >= 4 is 17.5 Å². The summed E-state index contributed by atoms with van der Waals surface area (Å²) in [6.45, 7) is 3.44. The lowest BCUT2D eigenvalue weighted by atomic mass is 9.86. The molecule has 0 radical (unpaired) electrons. The molecule has 108 valence electrons. The number of hydrogen-bond donors (Lipinski definition) is 1. The predicted molar refractivity (Wildman–Crippen MR) is 80.2 cm³/mol. The molecule has 1 saturated carbocycles. The lowest BCUT2D eigenvalue weighted by Crippen LogP contribution is -2.30. The minimum atomic E-state index is -0.242. The van der Waals surface area contributed by atoms with E-state index in [0.29, 0.717) is 25.1 Å². The molecule has 1 aromatic rings. The Hall–Kier alpha value is -1.71. The molecule has 3 rings (SSSR count). The van der Waals surface area contributed by atoms with Crippen molar-refractivity contribution in [3.63, 3.8) is 0 Å². The summed E-state index contributed by atoms with van der Waals surface area (Å²) in [5.41, 5.74) is 2.02. The van der Waals surface area contributed by atoms with Gasteiger partial charge in [0.05, 0.1) is 6.54 Å². The minimum absolute atomic E-state index is 0.242. The molecule has 0 aromatic heterocycles. The smallest absolute Gasteiger partial charge is 0.414 e. The normalized spacial score (nSPS) is 26.4. The van der Waals surface area contributed by atoms with E-state index in [9.17, 15) is 4.79 Å². The van der Waals surface area contributed by atoms with Crippen molar-refractivity contribution in [2.45, 2.75) is 38.6 Å². The van der Waals surface area contributed by atoms with Crippen LogP contribution in [0.1, 0.15) is 32.6 Å². The molecule has 2 unspecified atom stereocenters. The molecule has 2 atom stereocenters. The number of cyclic esters (lactones) is 1. The van der Waals surface area contributed by atoms with Crippen molar-refractivity contribution in [1.29, 1.82) is 0 Å². The first-order valence-electron chi connectivity index (χ1n) is 7.55. The number of nitrogens with one attached hydrogen (secondary N) is 1. The lowest BCUT2D eigenvalue weighted by molar-refractivity contribution is 0.181. The summed E-state index contributed by atoms with van der Waals surface area (Å²) < 4.78 is 4.99. The van der Waals surface area contributed by atoms with Gasteiger partial charge in [0.1, 0.15) is 6.61 Å². The van der Waals surface area contributed by atoms with Crippen LogP contribution in [0.25, 0.3) is 0 Å². The Morgan fingerprint density at radius 3 is 2.90 bits per heavy atom. The number of amides is 1. The first kappa shape index (κ1) is 13.3. The van der Waals surface area contributed by atoms with Gasteiger partial charge >= 0.3 is 6.09 Å². The van der Waals surface area contributed by atoms with Crippen LogP contribution in [0.3, 0.4) is 0 Å². The Labute approximate surface area is 120 Å². The molecular weight excluding hydrogens is 252 g/mol. The summed E-state index contributed by atoms with van der Waals surface area (Å²) >= 11 is 0. The highest BCUT2D eigenvalue weighted by molar-refractivity contribution is 5.89. The quantitative estimate of drug-likeness (QED) is 0.915. The second kappa shape index (κ2) is 5.73. The first-order chi connectivity index (χ1) is 9.74. The Bertz CT molecular complexity index is 489. The number of rotatable bonds is 3. The molecule has 0 spiro atoms. The van der Waals surface area contributed by atoms with E-state index in [4.69, 9.17) is 4.74 Å². The Balaban J connectivity index is 1.72. The molecule has 1 aromatic carbocycles. The fourth-order valence-corrected chi connectivity index (χ4v) is 3.14. The summed E-state index contributed by atoms with van der Waals surface area (Å²) in [6, 6.07) is 8.63. The molecule has 1 heterocycles. The maximum atomic E-state index is 11.6. The van der Waals surface area contributed by atoms with E-state index < -0.39 is 0 Å². The van der Waals surface area contributed by atoms with E-state index in [1.807, 2.05) is 18.2 Å². The zero-order valence-electron chi connectivity index (χ0n) is 12.0. The second-order valence-electron chi connectivity index (χ2n) is 5.83. The van der Waals surface area contributed by atoms with Crippen LogP contribution >= 0.6 is 0 Å². The molecule has 1 N–H and O–H groups in total. The van der Waals surface area contributed by atoms with Gasteiger partial charge in [-0.2, -0.15) is 0 Å². The molecule has 4 nitrogen and oxygen atoms in total. The number of nitrogens with zero attached hydrogens (tertiary/aromatic N) is 1. The summed E-state index contributed by atoms with van der Waals surface area (Å²) in [5, 5.41) is 3.63. The van der Waals surface area contributed by atoms with Gasteiger partial charge < -0.3 is 10.1 Å². The molecule has 1 saturated heterocycles. The van der Waals surface area contributed by atoms with Gasteiger partial charge in [-0.25, -0.2) is 4.79 Å². The van der Waals surface area contributed by atoms with Gasteiger partial charge in [-0.3, -0.25) is 4.90 Å². The van der Waals surface area contributed by atoms with E-state index in [-0.39, 0.29) is 6.09 Å². The van der Waals surface area contributed by atoms with Crippen molar-refractivity contribution in [3.05, 3.63) is 24.3 Å². The van der Waals surface area contributed by atoms with Gasteiger partial charge in [-0.05, 0) is 37.0 Å². The zero-order chi connectivity index (χ0) is 13.9. The molecule has 1 amide bonds. The van der Waals surface area contributed by atoms with Gasteiger partial charge in [-0.1, -0.05) is 25.8 Å². The molecule has 1 aliphatic carbocycles. The third-order valence-electron chi connectivity index (χ3n) is 4.38. The molecule has 2 aliphatic rings. The van der Waals surface area contributed by atoms with Gasteiger partial charge in [0, 0.05) is 17.4 Å². The topological polar surface area (TPSA) is 41.6 Å². The van der Waals surface area contributed by atoms with Gasteiger partial charge in [0.2, 0.25) is 0 Å². The van der Waals surface area contributed by atoms with E-state index in [2.05, 4.69) is 18.3 Å². The van der Waals surface area contributed by atoms with Gasteiger partial charge in [0.15, 0.2) is 0 Å². The van der Waals surface area contributed by atoms with Crippen LogP contribution in [-0.2, 0) is 4.74 Å². The SMILES string of the molecule is CC1CCCCC1Nc1cccc(N2CCOC2=O)c1. The van der Waals surface area contributed by atoms with Crippen LogP contribution in [0.2, 0.25) is 0 Å². The third kappa shape index (κ3) is 2.74. The van der Waals surface area contributed by atoms with Gasteiger partial charge in [-0.15, -0.1) is 0 Å². The monoisotopic (exact) mass is 274 g/mol. The van der Waals surface area contributed by atoms with Crippen molar-refractivity contribution in [2.75, 3.05) is 23.4 Å². The van der Waals surface area contributed by atoms with Crippen LogP contribution in [-0.4, -0.2) is 25.3 Å². The molecule has 2 fully saturated rings. The summed E-state index contributed by atoms with van der Waals surface area (Å²) in [7, 11) is 0. The molecule has 20 heavy (non-hydrogen) atoms. The van der Waals surface area contributed by atoms with Crippen LogP contribution in [0.15, 0.2) is 24.3 Å². The average molecular weight is 274 g/mol. The number of ether oxygens (including phenoxy) is 1. The Morgan fingerprint density at radius 1 is 1.30 bits per heavy atom. The van der Waals surface area contributed by atoms with E-state index >= 15 is 0 Å². The Kier molecular flexibility index (Phi) is 3.81. The minimum Gasteiger partial charge on any atom is -0.447 e. The Morgan fingerprint density at radius 2 is 2.15 bits per heavy atom. The summed E-state index contributed by atoms with van der Waals surface area (Å²) in [5.74, 6) is 0.712. The fourth-order valence-electron chi connectivity index (χ4n) is 3.14. The van der Waals surface area contributed by atoms with E-state index in [0.717, 1.165) is 11.4 Å². The van der Waals surface area contributed by atoms with Crippen molar-refractivity contribution in [1.82, 2.24) is 0 Å². The van der Waals surface area contributed by atoms with Crippen LogP contribution in [0, 0.1) is 5.92 Å². The van der Waals surface area contributed by atoms with Crippen LogP contribution < -0.4 is 10.2 Å².